The summed E-state index contributed by atoms with van der Waals surface area (Å²) in [6.45, 7) is 25.1. The van der Waals surface area contributed by atoms with Gasteiger partial charge in [0.25, 0.3) is 0 Å². The molecule has 37 heavy (non-hydrogen) atoms. The van der Waals surface area contributed by atoms with E-state index < -0.39 is 26.9 Å². The molecule has 0 aromatic heterocycles. The Hall–Kier alpha value is 0.371. The number of nitrogens with zero attached hydrogens (tertiary/aromatic N) is 1. The van der Waals surface area contributed by atoms with Gasteiger partial charge in [-0.15, -0.1) is 0 Å². The number of unbranched alkanes of at least 4 members (excludes halogenated alkanes) is 4. The van der Waals surface area contributed by atoms with Crippen molar-refractivity contribution in [2.24, 2.45) is 0 Å². The summed E-state index contributed by atoms with van der Waals surface area (Å²) in [5, 5.41) is 4.21. The van der Waals surface area contributed by atoms with E-state index in [-0.39, 0.29) is 0 Å². The molecule has 0 rings (SSSR count). The van der Waals surface area contributed by atoms with Crippen molar-refractivity contribution in [3.05, 3.63) is 0 Å². The summed E-state index contributed by atoms with van der Waals surface area (Å²) in [7, 11) is -5.15. The van der Waals surface area contributed by atoms with Crippen LogP contribution in [0.25, 0.3) is 0 Å². The predicted molar refractivity (Wildman–Crippen MR) is 166 cm³/mol. The van der Waals surface area contributed by atoms with Crippen LogP contribution in [0.3, 0.4) is 0 Å². The Labute approximate surface area is 235 Å². The molecule has 0 spiro atoms. The molecular weight excluding hydrogens is 517 g/mol. The van der Waals surface area contributed by atoms with Crippen LogP contribution in [-0.4, -0.2) is 97.2 Å². The Morgan fingerprint density at radius 1 is 0.676 bits per heavy atom. The number of nitrogens with one attached hydrogen (secondary N) is 1. The average molecular weight is 581 g/mol. The Balaban J connectivity index is 4.80. The zero-order valence-corrected chi connectivity index (χ0v) is 29.4. The lowest BCUT2D eigenvalue weighted by atomic mass is 10.1. The van der Waals surface area contributed by atoms with Gasteiger partial charge in [0, 0.05) is 47.7 Å². The molecule has 224 valence electrons. The third kappa shape index (κ3) is 16.9. The van der Waals surface area contributed by atoms with Crippen molar-refractivity contribution in [3.8, 4) is 0 Å². The number of hydrogen-bond donors (Lipinski definition) is 1. The largest absolute Gasteiger partial charge is 0.500 e. The average Bonchev–Trinajstić information content (AvgIpc) is 2.87. The highest BCUT2D eigenvalue weighted by atomic mass is 28.4. The van der Waals surface area contributed by atoms with Crippen LogP contribution in [-0.2, 0) is 22.1 Å². The lowest BCUT2D eigenvalue weighted by Gasteiger charge is -2.35. The quantitative estimate of drug-likeness (QED) is 0.0996. The first-order chi connectivity index (χ1) is 17.9. The van der Waals surface area contributed by atoms with E-state index in [2.05, 4.69) is 65.2 Å². The molecule has 0 fully saturated rings. The van der Waals surface area contributed by atoms with E-state index in [4.69, 9.17) is 22.1 Å². The SMILES string of the molecule is CCO[Si](C)(CCCNC[SiH2]C(CCCCCCCN(CC)CC)[Si](OCC)(OCC)OCC)OCC. The molecule has 7 nitrogen and oxygen atoms in total. The lowest BCUT2D eigenvalue weighted by Crippen LogP contribution is -2.53. The van der Waals surface area contributed by atoms with Gasteiger partial charge in [0.05, 0.1) is 0 Å². The summed E-state index contributed by atoms with van der Waals surface area (Å²) < 4.78 is 31.1. The molecule has 0 amide bonds. The minimum atomic E-state index is -2.66. The van der Waals surface area contributed by atoms with Gasteiger partial charge in [-0.25, -0.2) is 0 Å². The lowest BCUT2D eigenvalue weighted by molar-refractivity contribution is 0.0667. The van der Waals surface area contributed by atoms with Crippen LogP contribution in [0.4, 0.5) is 0 Å². The summed E-state index contributed by atoms with van der Waals surface area (Å²) >= 11 is 0. The van der Waals surface area contributed by atoms with Crippen LogP contribution in [0.5, 0.6) is 0 Å². The summed E-state index contributed by atoms with van der Waals surface area (Å²) in [6, 6.07) is 1.04. The Morgan fingerprint density at radius 2 is 1.19 bits per heavy atom. The van der Waals surface area contributed by atoms with Gasteiger partial charge in [0.1, 0.15) is 0 Å². The van der Waals surface area contributed by atoms with E-state index in [1.165, 1.54) is 45.1 Å². The second-order valence-corrected chi connectivity index (χ2v) is 18.9. The molecule has 0 aliphatic heterocycles. The maximum Gasteiger partial charge on any atom is 0.500 e. The van der Waals surface area contributed by atoms with Gasteiger partial charge >= 0.3 is 17.4 Å². The van der Waals surface area contributed by atoms with Crippen LogP contribution in [0.15, 0.2) is 0 Å². The molecule has 1 N–H and O–H groups in total. The first kappa shape index (κ1) is 37.4. The molecule has 0 aliphatic rings. The molecule has 0 radical (unpaired) electrons. The van der Waals surface area contributed by atoms with Gasteiger partial charge in [-0.1, -0.05) is 39.5 Å². The van der Waals surface area contributed by atoms with Crippen LogP contribution in [0.1, 0.15) is 93.4 Å². The topological polar surface area (TPSA) is 61.4 Å². The normalized spacial score (nSPS) is 13.9. The molecular formula is C27H64N2O5Si3. The van der Waals surface area contributed by atoms with Crippen molar-refractivity contribution in [2.45, 2.75) is 111 Å². The summed E-state index contributed by atoms with van der Waals surface area (Å²) in [6.07, 6.45) is 9.88. The Bertz CT molecular complexity index is 482. The molecule has 0 bridgehead atoms. The zero-order chi connectivity index (χ0) is 27.8. The fourth-order valence-electron chi connectivity index (χ4n) is 5.11. The minimum Gasteiger partial charge on any atom is -0.395 e. The molecule has 0 saturated heterocycles. The molecule has 0 saturated carbocycles. The molecule has 0 aromatic rings. The third-order valence-corrected chi connectivity index (χ3v) is 17.5. The van der Waals surface area contributed by atoms with Gasteiger partial charge in [0.15, 0.2) is 0 Å². The van der Waals surface area contributed by atoms with Crippen LogP contribution >= 0.6 is 0 Å². The second-order valence-electron chi connectivity index (χ2n) is 9.82. The maximum atomic E-state index is 6.36. The van der Waals surface area contributed by atoms with Crippen molar-refractivity contribution < 1.29 is 22.1 Å². The molecule has 0 aliphatic carbocycles. The highest BCUT2D eigenvalue weighted by Crippen LogP contribution is 2.30. The van der Waals surface area contributed by atoms with E-state index >= 15 is 0 Å². The summed E-state index contributed by atoms with van der Waals surface area (Å²) in [5.41, 5.74) is 0. The fourth-order valence-corrected chi connectivity index (χ4v) is 14.5. The Kier molecular flexibility index (Phi) is 24.4. The molecule has 10 heteroatoms. The maximum absolute atomic E-state index is 6.36. The van der Waals surface area contributed by atoms with Gasteiger partial charge < -0.3 is 32.3 Å². The van der Waals surface area contributed by atoms with Gasteiger partial charge in [0.2, 0.25) is 0 Å². The molecule has 1 unspecified atom stereocenters. The second kappa shape index (κ2) is 24.2. The molecule has 1 atom stereocenters. The Morgan fingerprint density at radius 3 is 1.70 bits per heavy atom. The van der Waals surface area contributed by atoms with Crippen LogP contribution < -0.4 is 5.32 Å². The smallest absolute Gasteiger partial charge is 0.395 e. The van der Waals surface area contributed by atoms with Crippen molar-refractivity contribution in [1.82, 2.24) is 10.2 Å². The van der Waals surface area contributed by atoms with E-state index in [9.17, 15) is 0 Å². The standard InChI is InChI=1S/C27H64N2O5Si3/c1-9-29(10-2)24-20-18-16-17-19-22-27(37(32-13-5,33-14-6)34-15-7)35-26-28-23-21-25-36(8,30-11-3)31-12-4/h27-28H,9-26,35H2,1-8H3. The monoisotopic (exact) mass is 580 g/mol. The highest BCUT2D eigenvalue weighted by molar-refractivity contribution is 6.74. The first-order valence-electron chi connectivity index (χ1n) is 15.5. The summed E-state index contributed by atoms with van der Waals surface area (Å²) in [5.74, 6) is 0. The van der Waals surface area contributed by atoms with Crippen molar-refractivity contribution >= 4 is 26.9 Å². The van der Waals surface area contributed by atoms with Gasteiger partial charge in [-0.2, -0.15) is 0 Å². The van der Waals surface area contributed by atoms with E-state index in [1.807, 2.05) is 0 Å². The highest BCUT2D eigenvalue weighted by Gasteiger charge is 2.48. The molecule has 0 heterocycles. The van der Waals surface area contributed by atoms with Crippen LogP contribution in [0, 0.1) is 0 Å². The van der Waals surface area contributed by atoms with Crippen LogP contribution in [0.2, 0.25) is 17.8 Å². The third-order valence-electron chi connectivity index (χ3n) is 7.01. The van der Waals surface area contributed by atoms with Crippen molar-refractivity contribution in [3.63, 3.8) is 0 Å². The van der Waals surface area contributed by atoms with E-state index in [0.29, 0.717) is 25.0 Å². The van der Waals surface area contributed by atoms with Gasteiger partial charge in [-0.05, 0) is 98.8 Å². The molecule has 0 aromatic carbocycles. The van der Waals surface area contributed by atoms with E-state index in [0.717, 1.165) is 51.5 Å². The van der Waals surface area contributed by atoms with Crippen molar-refractivity contribution in [2.75, 3.05) is 65.4 Å². The predicted octanol–water partition coefficient (Wildman–Crippen LogP) is 5.30. The van der Waals surface area contributed by atoms with E-state index in [1.54, 1.807) is 0 Å². The minimum absolute atomic E-state index is 0.464. The number of hydrogen-bond acceptors (Lipinski definition) is 7. The van der Waals surface area contributed by atoms with Crippen molar-refractivity contribution in [1.29, 1.82) is 0 Å². The fraction of sp³-hybridized carbons (Fsp3) is 1.00. The number of rotatable bonds is 28. The first-order valence-corrected chi connectivity index (χ1v) is 21.7. The summed E-state index contributed by atoms with van der Waals surface area (Å²) in [4.78, 5) is 2.52. The zero-order valence-electron chi connectivity index (χ0n) is 26.0. The van der Waals surface area contributed by atoms with Gasteiger partial charge in [-0.3, -0.25) is 0 Å².